The minimum Gasteiger partial charge on any atom is -0.377 e. The Labute approximate surface area is 234 Å². The zero-order valence-electron chi connectivity index (χ0n) is 24.2. The molecule has 4 atom stereocenters. The highest BCUT2D eigenvalue weighted by molar-refractivity contribution is 4.76. The molecule has 0 bridgehead atoms. The summed E-state index contributed by atoms with van der Waals surface area (Å²) in [5.41, 5.74) is -1.21. The molecule has 3 aliphatic rings. The van der Waals surface area contributed by atoms with Gasteiger partial charge in [0.05, 0.1) is 92.5 Å². The molecule has 0 saturated carbocycles. The van der Waals surface area contributed by atoms with E-state index in [0.29, 0.717) is 92.5 Å². The van der Waals surface area contributed by atoms with E-state index in [4.69, 9.17) is 52.1 Å². The summed E-state index contributed by atoms with van der Waals surface area (Å²) in [6, 6.07) is 0. The van der Waals surface area contributed by atoms with Gasteiger partial charge in [-0.15, -0.1) is 0 Å². The molecule has 0 spiro atoms. The number of rotatable bonds is 12. The summed E-state index contributed by atoms with van der Waals surface area (Å²) in [6.45, 7) is 11.6. The third-order valence-corrected chi connectivity index (χ3v) is 6.70. The molecule has 3 saturated heterocycles. The van der Waals surface area contributed by atoms with Crippen LogP contribution in [0.25, 0.3) is 0 Å². The van der Waals surface area contributed by atoms with Crippen LogP contribution < -0.4 is 0 Å². The van der Waals surface area contributed by atoms with Gasteiger partial charge in [0.15, 0.2) is 12.6 Å². The van der Waals surface area contributed by atoms with Gasteiger partial charge < -0.3 is 52.1 Å². The summed E-state index contributed by atoms with van der Waals surface area (Å²) in [6.07, 6.45) is 6.17. The highest BCUT2D eigenvalue weighted by Crippen LogP contribution is 2.17. The summed E-state index contributed by atoms with van der Waals surface area (Å²) in [4.78, 5) is 0. The van der Waals surface area contributed by atoms with Crippen molar-refractivity contribution in [2.45, 2.75) is 76.2 Å². The van der Waals surface area contributed by atoms with Crippen molar-refractivity contribution < 1.29 is 52.1 Å². The van der Waals surface area contributed by atoms with Crippen molar-refractivity contribution in [3.8, 4) is 0 Å². The largest absolute Gasteiger partial charge is 0.377 e. The van der Waals surface area contributed by atoms with Crippen LogP contribution >= 0.6 is 0 Å². The summed E-state index contributed by atoms with van der Waals surface area (Å²) in [7, 11) is 0. The second-order valence-corrected chi connectivity index (χ2v) is 10.8. The Bertz CT molecular complexity index is 550. The third-order valence-electron chi connectivity index (χ3n) is 6.70. The lowest BCUT2D eigenvalue weighted by Gasteiger charge is -2.30. The first-order chi connectivity index (χ1) is 19.1. The van der Waals surface area contributed by atoms with Crippen molar-refractivity contribution in [3.05, 3.63) is 0 Å². The SMILES string of the molecule is CC1(COCCOC2CCCCO2)COCCOCC(C)(COCCOC2CCCCO2)OCCOCCO1. The molecule has 3 fully saturated rings. The van der Waals surface area contributed by atoms with Gasteiger partial charge in [0.2, 0.25) is 0 Å². The van der Waals surface area contributed by atoms with Crippen molar-refractivity contribution >= 4 is 0 Å². The molecule has 11 heteroatoms. The Balaban J connectivity index is 1.31. The van der Waals surface area contributed by atoms with Gasteiger partial charge in [-0.05, 0) is 52.4 Å². The topological polar surface area (TPSA) is 102 Å². The van der Waals surface area contributed by atoms with Crippen molar-refractivity contribution in [3.63, 3.8) is 0 Å². The van der Waals surface area contributed by atoms with Crippen LogP contribution in [0.5, 0.6) is 0 Å². The summed E-state index contributed by atoms with van der Waals surface area (Å²) in [5.74, 6) is 0. The van der Waals surface area contributed by atoms with E-state index in [-0.39, 0.29) is 12.6 Å². The minimum atomic E-state index is -0.603. The quantitative estimate of drug-likeness (QED) is 0.327. The zero-order valence-corrected chi connectivity index (χ0v) is 24.2. The summed E-state index contributed by atoms with van der Waals surface area (Å²) in [5, 5.41) is 0. The van der Waals surface area contributed by atoms with E-state index in [1.54, 1.807) is 0 Å². The van der Waals surface area contributed by atoms with Crippen LogP contribution in [0.15, 0.2) is 0 Å². The fourth-order valence-electron chi connectivity index (χ4n) is 4.48. The van der Waals surface area contributed by atoms with Gasteiger partial charge in [-0.2, -0.15) is 0 Å². The predicted octanol–water partition coefficient (Wildman–Crippen LogP) is 2.72. The molecule has 0 amide bonds. The van der Waals surface area contributed by atoms with Gasteiger partial charge in [-0.3, -0.25) is 0 Å². The molecular weight excluding hydrogens is 512 g/mol. The molecule has 0 N–H and O–H groups in total. The number of hydrogen-bond acceptors (Lipinski definition) is 11. The summed E-state index contributed by atoms with van der Waals surface area (Å²) < 4.78 is 64.1. The van der Waals surface area contributed by atoms with E-state index in [1.165, 1.54) is 0 Å². The first-order valence-electron chi connectivity index (χ1n) is 14.7. The lowest BCUT2D eigenvalue weighted by atomic mass is 10.1. The fraction of sp³-hybridized carbons (Fsp3) is 1.00. The van der Waals surface area contributed by atoms with Gasteiger partial charge in [0.1, 0.15) is 11.2 Å². The second-order valence-electron chi connectivity index (χ2n) is 10.8. The van der Waals surface area contributed by atoms with Crippen LogP contribution in [-0.4, -0.2) is 129 Å². The molecule has 0 aromatic heterocycles. The van der Waals surface area contributed by atoms with Crippen LogP contribution in [0.2, 0.25) is 0 Å². The van der Waals surface area contributed by atoms with Crippen LogP contribution in [-0.2, 0) is 52.1 Å². The first-order valence-corrected chi connectivity index (χ1v) is 14.7. The number of ether oxygens (including phenoxy) is 11. The van der Waals surface area contributed by atoms with E-state index < -0.39 is 11.2 Å². The molecule has 11 nitrogen and oxygen atoms in total. The second kappa shape index (κ2) is 19.6. The van der Waals surface area contributed by atoms with Gasteiger partial charge in [-0.25, -0.2) is 0 Å². The standard InChI is InChI=1S/C28H52O11/c1-27(23-32-13-17-36-25-7-3-5-9-34-25)21-30-11-12-31-22-28(2,39-20-16-29-15-19-38-27)24-33-14-18-37-26-8-4-6-10-35-26/h25-26H,3-24H2,1-2H3. The minimum absolute atomic E-state index is 0.110. The molecule has 0 aliphatic carbocycles. The van der Waals surface area contributed by atoms with Gasteiger partial charge in [0, 0.05) is 13.2 Å². The van der Waals surface area contributed by atoms with Crippen molar-refractivity contribution in [2.24, 2.45) is 0 Å². The smallest absolute Gasteiger partial charge is 0.157 e. The molecule has 39 heavy (non-hydrogen) atoms. The van der Waals surface area contributed by atoms with Crippen LogP contribution in [0.1, 0.15) is 52.4 Å². The Morgan fingerprint density at radius 3 is 1.44 bits per heavy atom. The monoisotopic (exact) mass is 564 g/mol. The normalized spacial score (nSPS) is 32.8. The third kappa shape index (κ3) is 14.8. The molecule has 4 unspecified atom stereocenters. The van der Waals surface area contributed by atoms with Crippen LogP contribution in [0, 0.1) is 0 Å². The van der Waals surface area contributed by atoms with E-state index in [9.17, 15) is 0 Å². The molecule has 0 radical (unpaired) electrons. The molecule has 3 rings (SSSR count). The Hall–Kier alpha value is -0.440. The van der Waals surface area contributed by atoms with E-state index in [1.807, 2.05) is 13.8 Å². The molecule has 3 aliphatic heterocycles. The van der Waals surface area contributed by atoms with Gasteiger partial charge >= 0.3 is 0 Å². The van der Waals surface area contributed by atoms with E-state index in [2.05, 4.69) is 0 Å². The first kappa shape index (κ1) is 33.1. The van der Waals surface area contributed by atoms with Crippen LogP contribution in [0.4, 0.5) is 0 Å². The Morgan fingerprint density at radius 2 is 1.00 bits per heavy atom. The Morgan fingerprint density at radius 1 is 0.538 bits per heavy atom. The maximum Gasteiger partial charge on any atom is 0.157 e. The maximum atomic E-state index is 6.10. The fourth-order valence-corrected chi connectivity index (χ4v) is 4.48. The maximum absolute atomic E-state index is 6.10. The van der Waals surface area contributed by atoms with Crippen LogP contribution in [0.3, 0.4) is 0 Å². The molecule has 3 heterocycles. The average Bonchev–Trinajstić information content (AvgIpc) is 2.95. The number of hydrogen-bond donors (Lipinski definition) is 0. The highest BCUT2D eigenvalue weighted by Gasteiger charge is 2.28. The van der Waals surface area contributed by atoms with E-state index in [0.717, 1.165) is 51.7 Å². The average molecular weight is 565 g/mol. The predicted molar refractivity (Wildman–Crippen MR) is 142 cm³/mol. The van der Waals surface area contributed by atoms with Crippen molar-refractivity contribution in [2.75, 3.05) is 106 Å². The summed E-state index contributed by atoms with van der Waals surface area (Å²) >= 11 is 0. The van der Waals surface area contributed by atoms with E-state index >= 15 is 0 Å². The molecule has 230 valence electrons. The van der Waals surface area contributed by atoms with Gasteiger partial charge in [0.25, 0.3) is 0 Å². The highest BCUT2D eigenvalue weighted by atomic mass is 16.7. The van der Waals surface area contributed by atoms with Crippen molar-refractivity contribution in [1.29, 1.82) is 0 Å². The lowest BCUT2D eigenvalue weighted by Crippen LogP contribution is -2.41. The zero-order chi connectivity index (χ0) is 27.5. The Kier molecular flexibility index (Phi) is 16.7. The van der Waals surface area contributed by atoms with Crippen molar-refractivity contribution in [1.82, 2.24) is 0 Å². The van der Waals surface area contributed by atoms with Gasteiger partial charge in [-0.1, -0.05) is 0 Å². The lowest BCUT2D eigenvalue weighted by molar-refractivity contribution is -0.177. The molecular formula is C28H52O11. The molecule has 0 aromatic rings. The molecule has 0 aromatic carbocycles.